The monoisotopic (exact) mass is 330 g/mol. The number of hydrogen-bond acceptors (Lipinski definition) is 3. The van der Waals surface area contributed by atoms with Crippen molar-refractivity contribution in [2.75, 3.05) is 16.9 Å². The van der Waals surface area contributed by atoms with Gasteiger partial charge in [-0.1, -0.05) is 23.7 Å². The van der Waals surface area contributed by atoms with E-state index < -0.39 is 17.6 Å². The standard InChI is InChI=1S/C14H16ClFN2O2S/c1-8-4-3-5-10(9(8)2)17-13(19)11-6-21-7-18(11)14(20)12(15)16/h3-5,11-12H,6-7H2,1-2H3,(H,17,19). The number of halogens is 2. The summed E-state index contributed by atoms with van der Waals surface area (Å²) in [5.41, 5.74) is 0.618. The summed E-state index contributed by atoms with van der Waals surface area (Å²) >= 11 is 6.59. The van der Waals surface area contributed by atoms with E-state index in [4.69, 9.17) is 11.6 Å². The van der Waals surface area contributed by atoms with Crippen LogP contribution in [-0.2, 0) is 9.59 Å². The van der Waals surface area contributed by atoms with E-state index in [0.29, 0.717) is 11.4 Å². The molecule has 1 aliphatic heterocycles. The average molecular weight is 331 g/mol. The van der Waals surface area contributed by atoms with Gasteiger partial charge in [0.15, 0.2) is 0 Å². The van der Waals surface area contributed by atoms with E-state index in [1.807, 2.05) is 26.0 Å². The molecule has 0 radical (unpaired) electrons. The first-order valence-electron chi connectivity index (χ1n) is 6.45. The van der Waals surface area contributed by atoms with Crippen LogP contribution in [0.5, 0.6) is 0 Å². The van der Waals surface area contributed by atoms with Crippen molar-refractivity contribution in [3.63, 3.8) is 0 Å². The molecule has 1 heterocycles. The maximum absolute atomic E-state index is 13.0. The maximum Gasteiger partial charge on any atom is 0.274 e. The molecule has 1 aromatic rings. The number of amides is 2. The number of alkyl halides is 2. The molecular formula is C14H16ClFN2O2S. The Labute approximate surface area is 132 Å². The van der Waals surface area contributed by atoms with E-state index in [9.17, 15) is 14.0 Å². The van der Waals surface area contributed by atoms with Gasteiger partial charge in [-0.2, -0.15) is 0 Å². The number of benzene rings is 1. The minimum absolute atomic E-state index is 0.275. The molecule has 0 bridgehead atoms. The number of anilines is 1. The molecule has 21 heavy (non-hydrogen) atoms. The predicted molar refractivity (Wildman–Crippen MR) is 83.3 cm³/mol. The SMILES string of the molecule is Cc1cccc(NC(=O)C2CSCN2C(=O)C(F)Cl)c1C. The largest absolute Gasteiger partial charge is 0.324 e. The lowest BCUT2D eigenvalue weighted by atomic mass is 10.1. The van der Waals surface area contributed by atoms with Gasteiger partial charge in [0.05, 0.1) is 5.88 Å². The Balaban J connectivity index is 2.12. The molecule has 1 N–H and O–H groups in total. The average Bonchev–Trinajstić information content (AvgIpc) is 2.92. The Morgan fingerprint density at radius 3 is 2.86 bits per heavy atom. The molecule has 2 atom stereocenters. The van der Waals surface area contributed by atoms with Crippen LogP contribution < -0.4 is 5.32 Å². The number of carbonyl (C=O) groups excluding carboxylic acids is 2. The second kappa shape index (κ2) is 6.66. The van der Waals surface area contributed by atoms with Gasteiger partial charge in [-0.15, -0.1) is 11.8 Å². The normalized spacial score (nSPS) is 19.4. The summed E-state index contributed by atoms with van der Waals surface area (Å²) in [6.07, 6.45) is 0. The van der Waals surface area contributed by atoms with Gasteiger partial charge < -0.3 is 10.2 Å². The number of nitrogens with one attached hydrogen (secondary N) is 1. The van der Waals surface area contributed by atoms with Gasteiger partial charge in [-0.05, 0) is 31.0 Å². The van der Waals surface area contributed by atoms with E-state index in [1.165, 1.54) is 16.7 Å². The third kappa shape index (κ3) is 3.49. The number of aryl methyl sites for hydroxylation is 1. The van der Waals surface area contributed by atoms with Gasteiger partial charge in [-0.3, -0.25) is 9.59 Å². The third-order valence-corrected chi connectivity index (χ3v) is 4.72. The lowest BCUT2D eigenvalue weighted by Gasteiger charge is -2.23. The van der Waals surface area contributed by atoms with Crippen LogP contribution in [0.3, 0.4) is 0 Å². The summed E-state index contributed by atoms with van der Waals surface area (Å²) in [6, 6.07) is 4.90. The molecule has 0 aliphatic carbocycles. The zero-order valence-electron chi connectivity index (χ0n) is 11.7. The number of nitrogens with zero attached hydrogens (tertiary/aromatic N) is 1. The first-order valence-corrected chi connectivity index (χ1v) is 8.04. The van der Waals surface area contributed by atoms with Crippen LogP contribution in [0.15, 0.2) is 18.2 Å². The number of rotatable bonds is 3. The second-order valence-electron chi connectivity index (χ2n) is 4.86. The lowest BCUT2D eigenvalue weighted by Crippen LogP contribution is -2.46. The first-order chi connectivity index (χ1) is 9.91. The predicted octanol–water partition coefficient (Wildman–Crippen LogP) is 2.68. The molecule has 0 spiro atoms. The molecule has 2 rings (SSSR count). The molecule has 2 amide bonds. The van der Waals surface area contributed by atoms with Crippen molar-refractivity contribution in [1.82, 2.24) is 4.90 Å². The van der Waals surface area contributed by atoms with Crippen molar-refractivity contribution in [1.29, 1.82) is 0 Å². The minimum Gasteiger partial charge on any atom is -0.324 e. The topological polar surface area (TPSA) is 49.4 Å². The van der Waals surface area contributed by atoms with Gasteiger partial charge >= 0.3 is 0 Å². The summed E-state index contributed by atoms with van der Waals surface area (Å²) in [4.78, 5) is 25.2. The smallest absolute Gasteiger partial charge is 0.274 e. The van der Waals surface area contributed by atoms with Gasteiger partial charge in [0.2, 0.25) is 5.91 Å². The maximum atomic E-state index is 13.0. The quantitative estimate of drug-likeness (QED) is 0.867. The Kier molecular flexibility index (Phi) is 5.11. The summed E-state index contributed by atoms with van der Waals surface area (Å²) in [7, 11) is 0. The van der Waals surface area contributed by atoms with Crippen molar-refractivity contribution in [3.8, 4) is 0 Å². The van der Waals surface area contributed by atoms with Gasteiger partial charge in [-0.25, -0.2) is 4.39 Å². The van der Waals surface area contributed by atoms with Crippen molar-refractivity contribution in [2.24, 2.45) is 0 Å². The van der Waals surface area contributed by atoms with Crippen molar-refractivity contribution in [2.45, 2.75) is 25.5 Å². The van der Waals surface area contributed by atoms with Crippen LogP contribution in [0.2, 0.25) is 0 Å². The van der Waals surface area contributed by atoms with Crippen LogP contribution in [0.4, 0.5) is 10.1 Å². The van der Waals surface area contributed by atoms with E-state index in [2.05, 4.69) is 5.32 Å². The highest BCUT2D eigenvalue weighted by molar-refractivity contribution is 7.99. The number of thioether (sulfide) groups is 1. The van der Waals surface area contributed by atoms with Crippen LogP contribution >= 0.6 is 23.4 Å². The summed E-state index contributed by atoms with van der Waals surface area (Å²) in [6.45, 7) is 3.86. The molecule has 0 aromatic heterocycles. The molecule has 1 fully saturated rings. The van der Waals surface area contributed by atoms with Gasteiger partial charge in [0.1, 0.15) is 6.04 Å². The summed E-state index contributed by atoms with van der Waals surface area (Å²) < 4.78 is 13.0. The summed E-state index contributed by atoms with van der Waals surface area (Å²) in [5.74, 6) is -0.467. The Morgan fingerprint density at radius 1 is 1.48 bits per heavy atom. The molecular weight excluding hydrogens is 315 g/mol. The third-order valence-electron chi connectivity index (χ3n) is 3.52. The fourth-order valence-corrected chi connectivity index (χ4v) is 3.39. The molecule has 7 heteroatoms. The molecule has 1 aliphatic rings. The molecule has 2 unspecified atom stereocenters. The second-order valence-corrected chi connectivity index (χ2v) is 6.24. The first kappa shape index (κ1) is 16.1. The molecule has 1 saturated heterocycles. The summed E-state index contributed by atoms with van der Waals surface area (Å²) in [5, 5.41) is 2.81. The highest BCUT2D eigenvalue weighted by atomic mass is 35.5. The van der Waals surface area contributed by atoms with Crippen LogP contribution in [0.1, 0.15) is 11.1 Å². The Morgan fingerprint density at radius 2 is 2.19 bits per heavy atom. The van der Waals surface area contributed by atoms with E-state index in [0.717, 1.165) is 11.1 Å². The van der Waals surface area contributed by atoms with Crippen LogP contribution in [0, 0.1) is 13.8 Å². The minimum atomic E-state index is -2.11. The highest BCUT2D eigenvalue weighted by Gasteiger charge is 2.37. The van der Waals surface area contributed by atoms with Gasteiger partial charge in [0, 0.05) is 11.4 Å². The highest BCUT2D eigenvalue weighted by Crippen LogP contribution is 2.25. The fraction of sp³-hybridized carbons (Fsp3) is 0.429. The van der Waals surface area contributed by atoms with E-state index in [1.54, 1.807) is 6.07 Å². The van der Waals surface area contributed by atoms with E-state index in [-0.39, 0.29) is 11.8 Å². The van der Waals surface area contributed by atoms with Crippen LogP contribution in [0.25, 0.3) is 0 Å². The van der Waals surface area contributed by atoms with E-state index >= 15 is 0 Å². The van der Waals surface area contributed by atoms with Gasteiger partial charge in [0.25, 0.3) is 11.5 Å². The number of carbonyl (C=O) groups is 2. The van der Waals surface area contributed by atoms with Crippen molar-refractivity contribution in [3.05, 3.63) is 29.3 Å². The van der Waals surface area contributed by atoms with Crippen molar-refractivity contribution >= 4 is 40.9 Å². The molecule has 0 saturated carbocycles. The van der Waals surface area contributed by atoms with Crippen molar-refractivity contribution < 1.29 is 14.0 Å². The molecule has 4 nitrogen and oxygen atoms in total. The molecule has 1 aromatic carbocycles. The lowest BCUT2D eigenvalue weighted by molar-refractivity contribution is -0.138. The Hall–Kier alpha value is -1.27. The fourth-order valence-electron chi connectivity index (χ4n) is 2.10. The zero-order valence-corrected chi connectivity index (χ0v) is 13.3. The van der Waals surface area contributed by atoms with Crippen LogP contribution in [-0.4, -0.2) is 40.0 Å². The zero-order chi connectivity index (χ0) is 15.6. The molecule has 114 valence electrons. The Bertz CT molecular complexity index is 568. The number of hydrogen-bond donors (Lipinski definition) is 1.